The molecule has 0 unspecified atom stereocenters. The number of carbonyl (C=O) groups excluding carboxylic acids is 4. The minimum atomic E-state index is -1.25. The van der Waals surface area contributed by atoms with E-state index in [-0.39, 0.29) is 29.7 Å². The van der Waals surface area contributed by atoms with Crippen LogP contribution in [0.15, 0.2) is 4.99 Å². The standard InChI is InChI=1S/C21H28N2O11S2/c1-8(24)28-7-14-16(30-9(2)25)17(31-10(3)26)18(32-11(4)27)20(34-14)36-15-5-12(23-21(22)35)19-29-6-13(15)33-19/h13-20H,5-7H2,1-4H3,(H2,22,35)/b23-12-/t13-,14-,15-,16+,17+,18-,19-,20+/m1/s1. The third-order valence-corrected chi connectivity index (χ3v) is 6.88. The van der Waals surface area contributed by atoms with Crippen LogP contribution in [0.4, 0.5) is 0 Å². The molecule has 3 heterocycles. The Morgan fingerprint density at radius 3 is 2.17 bits per heavy atom. The number of esters is 4. The number of aliphatic imine (C=N–C) groups is 1. The van der Waals surface area contributed by atoms with Gasteiger partial charge in [-0.3, -0.25) is 19.2 Å². The lowest BCUT2D eigenvalue weighted by Gasteiger charge is -2.45. The Balaban J connectivity index is 1.93. The van der Waals surface area contributed by atoms with E-state index >= 15 is 0 Å². The van der Waals surface area contributed by atoms with Crippen molar-refractivity contribution in [2.24, 2.45) is 10.7 Å². The monoisotopic (exact) mass is 548 g/mol. The maximum absolute atomic E-state index is 12.0. The third kappa shape index (κ3) is 7.35. The molecule has 200 valence electrons. The average Bonchev–Trinajstić information content (AvgIpc) is 3.18. The van der Waals surface area contributed by atoms with Gasteiger partial charge in [-0.1, -0.05) is 0 Å². The second kappa shape index (κ2) is 12.3. The number of thiocarbonyl (C=S) groups is 1. The van der Waals surface area contributed by atoms with E-state index in [0.29, 0.717) is 12.1 Å². The topological polar surface area (TPSA) is 171 Å². The highest BCUT2D eigenvalue weighted by Gasteiger charge is 2.54. The van der Waals surface area contributed by atoms with Crippen LogP contribution in [0.2, 0.25) is 0 Å². The first-order valence-corrected chi connectivity index (χ1v) is 12.4. The van der Waals surface area contributed by atoms with Gasteiger partial charge in [0.05, 0.1) is 18.4 Å². The van der Waals surface area contributed by atoms with Gasteiger partial charge in [0.1, 0.15) is 18.1 Å². The van der Waals surface area contributed by atoms with Gasteiger partial charge in [-0.15, -0.1) is 11.8 Å². The highest BCUT2D eigenvalue weighted by Crippen LogP contribution is 2.41. The summed E-state index contributed by atoms with van der Waals surface area (Å²) in [4.78, 5) is 51.5. The van der Waals surface area contributed by atoms with Crippen molar-refractivity contribution in [2.45, 2.75) is 81.6 Å². The fourth-order valence-electron chi connectivity index (χ4n) is 4.07. The molecule has 13 nitrogen and oxygen atoms in total. The van der Waals surface area contributed by atoms with E-state index in [1.807, 2.05) is 0 Å². The van der Waals surface area contributed by atoms with Crippen LogP contribution in [0.3, 0.4) is 0 Å². The zero-order valence-electron chi connectivity index (χ0n) is 20.1. The number of rotatable bonds is 7. The van der Waals surface area contributed by atoms with Crippen molar-refractivity contribution in [3.05, 3.63) is 0 Å². The number of hydrogen-bond acceptors (Lipinski definition) is 13. The number of hydrogen-bond donors (Lipinski definition) is 1. The van der Waals surface area contributed by atoms with E-state index in [1.165, 1.54) is 25.6 Å². The van der Waals surface area contributed by atoms with E-state index < -0.39 is 60.0 Å². The zero-order chi connectivity index (χ0) is 26.6. The molecular weight excluding hydrogens is 520 g/mol. The Labute approximate surface area is 216 Å². The summed E-state index contributed by atoms with van der Waals surface area (Å²) in [7, 11) is 0. The van der Waals surface area contributed by atoms with Crippen LogP contribution in [0.25, 0.3) is 0 Å². The fraction of sp³-hybridized carbons (Fsp3) is 0.714. The van der Waals surface area contributed by atoms with Crippen molar-refractivity contribution in [1.82, 2.24) is 0 Å². The molecule has 3 aliphatic rings. The SMILES string of the molecule is CC(=O)OC[C@H]1O[C@@H](S[C@@H]2C/C(=N/C(N)=S)[C@@H]3OC[C@H]2O3)[C@H](OC(C)=O)[C@@H](OC(C)=O)[C@H]1OC(C)=O. The van der Waals surface area contributed by atoms with E-state index in [0.717, 1.165) is 13.8 Å². The van der Waals surface area contributed by atoms with Gasteiger partial charge < -0.3 is 38.9 Å². The summed E-state index contributed by atoms with van der Waals surface area (Å²) < 4.78 is 39.1. The van der Waals surface area contributed by atoms with E-state index in [4.69, 9.17) is 51.1 Å². The van der Waals surface area contributed by atoms with E-state index in [2.05, 4.69) is 4.99 Å². The van der Waals surface area contributed by atoms with Crippen molar-refractivity contribution in [1.29, 1.82) is 0 Å². The number of ether oxygens (including phenoxy) is 7. The van der Waals surface area contributed by atoms with Crippen LogP contribution in [0, 0.1) is 0 Å². The Kier molecular flexibility index (Phi) is 9.63. The van der Waals surface area contributed by atoms with Crippen molar-refractivity contribution in [3.8, 4) is 0 Å². The van der Waals surface area contributed by atoms with Crippen LogP contribution in [-0.4, -0.2) is 95.4 Å². The number of nitrogens with zero attached hydrogens (tertiary/aromatic N) is 1. The second-order valence-corrected chi connectivity index (χ2v) is 9.99. The number of carbonyl (C=O) groups is 4. The van der Waals surface area contributed by atoms with Gasteiger partial charge in [-0.05, 0) is 12.2 Å². The second-order valence-electron chi connectivity index (χ2n) is 8.23. The van der Waals surface area contributed by atoms with Gasteiger partial charge in [0.2, 0.25) is 0 Å². The third-order valence-electron chi connectivity index (χ3n) is 5.32. The molecule has 3 fully saturated rings. The normalized spacial score (nSPS) is 34.5. The average molecular weight is 549 g/mol. The maximum Gasteiger partial charge on any atom is 0.303 e. The van der Waals surface area contributed by atoms with Crippen LogP contribution in [-0.2, 0) is 52.3 Å². The minimum absolute atomic E-state index is 0.0707. The van der Waals surface area contributed by atoms with Crippen molar-refractivity contribution in [3.63, 3.8) is 0 Å². The summed E-state index contributed by atoms with van der Waals surface area (Å²) in [6.07, 6.45) is -5.31. The van der Waals surface area contributed by atoms with E-state index in [1.54, 1.807) is 0 Å². The predicted molar refractivity (Wildman–Crippen MR) is 127 cm³/mol. The molecule has 0 aromatic carbocycles. The molecule has 36 heavy (non-hydrogen) atoms. The molecule has 0 aromatic rings. The molecule has 0 spiro atoms. The predicted octanol–water partition coefficient (Wildman–Crippen LogP) is 0.00110. The van der Waals surface area contributed by atoms with Crippen LogP contribution in [0.1, 0.15) is 34.1 Å². The van der Waals surface area contributed by atoms with Crippen LogP contribution < -0.4 is 5.73 Å². The van der Waals surface area contributed by atoms with Gasteiger partial charge in [-0.2, -0.15) is 0 Å². The Morgan fingerprint density at radius 1 is 0.972 bits per heavy atom. The summed E-state index contributed by atoms with van der Waals surface area (Å²) in [5.74, 6) is -2.67. The van der Waals surface area contributed by atoms with Gasteiger partial charge in [0.25, 0.3) is 0 Å². The molecule has 0 amide bonds. The van der Waals surface area contributed by atoms with Crippen LogP contribution in [0.5, 0.6) is 0 Å². The molecule has 0 radical (unpaired) electrons. The van der Waals surface area contributed by atoms with Crippen LogP contribution >= 0.6 is 24.0 Å². The Hall–Kier alpha value is -2.33. The smallest absolute Gasteiger partial charge is 0.303 e. The molecule has 3 rings (SSSR count). The summed E-state index contributed by atoms with van der Waals surface area (Å²) >= 11 is 6.11. The molecule has 8 atom stereocenters. The van der Waals surface area contributed by atoms with Gasteiger partial charge in [-0.25, -0.2) is 4.99 Å². The molecule has 0 saturated carbocycles. The number of nitrogens with two attached hydrogens (primary N) is 1. The highest BCUT2D eigenvalue weighted by atomic mass is 32.2. The minimum Gasteiger partial charge on any atom is -0.463 e. The van der Waals surface area contributed by atoms with E-state index in [9.17, 15) is 19.2 Å². The lowest BCUT2D eigenvalue weighted by molar-refractivity contribution is -0.237. The van der Waals surface area contributed by atoms with Gasteiger partial charge in [0.15, 0.2) is 29.7 Å². The molecule has 0 aliphatic carbocycles. The van der Waals surface area contributed by atoms with Crippen molar-refractivity contribution < 1.29 is 52.3 Å². The lowest BCUT2D eigenvalue weighted by atomic mass is 9.99. The quantitative estimate of drug-likeness (QED) is 0.256. The molecular formula is C21H28N2O11S2. The van der Waals surface area contributed by atoms with Crippen molar-refractivity contribution in [2.75, 3.05) is 13.2 Å². The molecule has 0 aromatic heterocycles. The molecule has 2 N–H and O–H groups in total. The highest BCUT2D eigenvalue weighted by molar-refractivity contribution is 8.00. The molecule has 3 aliphatic heterocycles. The number of thioether (sulfide) groups is 1. The molecule has 3 saturated heterocycles. The maximum atomic E-state index is 12.0. The molecule has 15 heteroatoms. The summed E-state index contributed by atoms with van der Waals surface area (Å²) in [6, 6.07) is 0. The summed E-state index contributed by atoms with van der Waals surface area (Å²) in [5.41, 5.74) is 5.13. The van der Waals surface area contributed by atoms with Gasteiger partial charge in [0, 0.05) is 39.4 Å². The fourth-order valence-corrected chi connectivity index (χ4v) is 5.69. The summed E-state index contributed by atoms with van der Waals surface area (Å²) in [6.45, 7) is 4.68. The lowest BCUT2D eigenvalue weighted by Crippen LogP contribution is -2.62. The first-order chi connectivity index (χ1) is 16.9. The zero-order valence-corrected chi connectivity index (χ0v) is 21.7. The largest absolute Gasteiger partial charge is 0.463 e. The first kappa shape index (κ1) is 28.2. The summed E-state index contributed by atoms with van der Waals surface area (Å²) in [5, 5.41) is -0.379. The number of fused-ring (bicyclic) bond motifs is 2. The van der Waals surface area contributed by atoms with Crippen molar-refractivity contribution >= 4 is 58.7 Å². The first-order valence-electron chi connectivity index (χ1n) is 11.0. The molecule has 2 bridgehead atoms. The van der Waals surface area contributed by atoms with Gasteiger partial charge >= 0.3 is 23.9 Å². The Bertz CT molecular complexity index is 930. The Morgan fingerprint density at radius 2 is 1.58 bits per heavy atom.